The molecule has 13 nitrogen and oxygen atoms in total. The smallest absolute Gasteiger partial charge is 0.433 e. The molecule has 3 fully saturated rings. The predicted octanol–water partition coefficient (Wildman–Crippen LogP) is 7.04. The molecule has 5 aromatic rings. The predicted molar refractivity (Wildman–Crippen MR) is 210 cm³/mol. The van der Waals surface area contributed by atoms with Crippen LogP contribution in [0.5, 0.6) is 5.75 Å². The Balaban J connectivity index is 0.839. The number of fused-ring (bicyclic) bond motifs is 2. The molecule has 1 aliphatic carbocycles. The van der Waals surface area contributed by atoms with E-state index in [1.54, 1.807) is 23.2 Å². The van der Waals surface area contributed by atoms with Gasteiger partial charge in [0.1, 0.15) is 17.1 Å². The van der Waals surface area contributed by atoms with Crippen LogP contribution in [0.2, 0.25) is 0 Å². The Morgan fingerprint density at radius 2 is 1.77 bits per heavy atom. The number of methoxy groups -OCH3 is 1. The van der Waals surface area contributed by atoms with E-state index in [-0.39, 0.29) is 24.1 Å². The summed E-state index contributed by atoms with van der Waals surface area (Å²) in [5.41, 5.74) is 1.37. The van der Waals surface area contributed by atoms with E-state index in [2.05, 4.69) is 49.6 Å². The summed E-state index contributed by atoms with van der Waals surface area (Å²) in [6, 6.07) is 13.3. The third-order valence-electron chi connectivity index (χ3n) is 11.6. The summed E-state index contributed by atoms with van der Waals surface area (Å²) in [7, 11) is 3.70. The third kappa shape index (κ3) is 8.08. The maximum absolute atomic E-state index is 13.2. The van der Waals surface area contributed by atoms with E-state index in [0.717, 1.165) is 92.1 Å². The molecule has 2 N–H and O–H groups in total. The highest BCUT2D eigenvalue weighted by Gasteiger charge is 2.33. The second-order valence-electron chi connectivity index (χ2n) is 15.2. The summed E-state index contributed by atoms with van der Waals surface area (Å²) in [4.78, 5) is 51.5. The lowest BCUT2D eigenvalue weighted by Gasteiger charge is -2.40. The highest BCUT2D eigenvalue weighted by atomic mass is 19.4. The van der Waals surface area contributed by atoms with Crippen LogP contribution in [-0.4, -0.2) is 88.9 Å². The molecule has 8 rings (SSSR count). The summed E-state index contributed by atoms with van der Waals surface area (Å²) in [6.45, 7) is 3.26. The van der Waals surface area contributed by atoms with E-state index >= 15 is 0 Å². The molecule has 2 aliphatic heterocycles. The fraction of sp³-hybridized carbons (Fsp3) is 0.415. The number of amides is 4. The lowest BCUT2D eigenvalue weighted by molar-refractivity contribution is -0.141. The molecule has 0 atom stereocenters. The number of imide groups is 1. The summed E-state index contributed by atoms with van der Waals surface area (Å²) < 4.78 is 47.0. The number of hydrogen-bond donors (Lipinski definition) is 2. The second kappa shape index (κ2) is 15.6. The van der Waals surface area contributed by atoms with Gasteiger partial charge in [-0.05, 0) is 81.8 Å². The molecule has 0 spiro atoms. The minimum absolute atomic E-state index is 0.231. The first-order chi connectivity index (χ1) is 27.4. The van der Waals surface area contributed by atoms with E-state index in [0.29, 0.717) is 41.1 Å². The van der Waals surface area contributed by atoms with Gasteiger partial charge in [-0.3, -0.25) is 29.5 Å². The topological polar surface area (TPSA) is 138 Å². The van der Waals surface area contributed by atoms with E-state index in [9.17, 15) is 27.6 Å². The summed E-state index contributed by atoms with van der Waals surface area (Å²) in [5, 5.41) is 12.6. The molecule has 16 heteroatoms. The maximum atomic E-state index is 13.2. The van der Waals surface area contributed by atoms with Crippen molar-refractivity contribution in [1.29, 1.82) is 0 Å². The monoisotopic (exact) mass is 783 g/mol. The average Bonchev–Trinajstić information content (AvgIpc) is 3.63. The SMILES string of the molecule is COc1cc2nn(C3CCC(CN(C)C4CCN(c5ccc6c(N7CCC(=O)NC7=O)cncc6c5)CC4)CC3)cc2cc1NC(=O)c1cccc(C(F)(F)F)n1. The van der Waals surface area contributed by atoms with Crippen molar-refractivity contribution in [3.8, 4) is 5.75 Å². The Hall–Kier alpha value is -5.77. The number of carbonyl (C=O) groups excluding carboxylic acids is 3. The molecular formula is C41H44F3N9O4. The molecule has 2 saturated heterocycles. The number of hydrogen-bond acceptors (Lipinski definition) is 9. The molecule has 57 heavy (non-hydrogen) atoms. The molecule has 3 aliphatic rings. The molecule has 2 aromatic carbocycles. The zero-order valence-electron chi connectivity index (χ0n) is 31.8. The van der Waals surface area contributed by atoms with Crippen molar-refractivity contribution in [2.75, 3.05) is 55.5 Å². The van der Waals surface area contributed by atoms with Crippen molar-refractivity contribution in [3.63, 3.8) is 0 Å². The van der Waals surface area contributed by atoms with Crippen molar-refractivity contribution < 1.29 is 32.3 Å². The number of nitrogens with zero attached hydrogens (tertiary/aromatic N) is 7. The maximum Gasteiger partial charge on any atom is 0.433 e. The fourth-order valence-electron chi connectivity index (χ4n) is 8.50. The first kappa shape index (κ1) is 38.1. The lowest BCUT2D eigenvalue weighted by atomic mass is 9.85. The Kier molecular flexibility index (Phi) is 10.5. The quantitative estimate of drug-likeness (QED) is 0.161. The van der Waals surface area contributed by atoms with Crippen LogP contribution in [-0.2, 0) is 11.0 Å². The molecule has 0 bridgehead atoms. The Morgan fingerprint density at radius 3 is 2.51 bits per heavy atom. The number of aromatic nitrogens is 4. The van der Waals surface area contributed by atoms with E-state index in [4.69, 9.17) is 9.84 Å². The van der Waals surface area contributed by atoms with Crippen molar-refractivity contribution in [3.05, 3.63) is 78.5 Å². The molecule has 0 radical (unpaired) electrons. The summed E-state index contributed by atoms with van der Waals surface area (Å²) in [5.74, 6) is -0.103. The number of rotatable bonds is 9. The van der Waals surface area contributed by atoms with Gasteiger partial charge in [-0.2, -0.15) is 18.3 Å². The van der Waals surface area contributed by atoms with Crippen LogP contribution in [0.3, 0.4) is 0 Å². The van der Waals surface area contributed by atoms with Crippen LogP contribution in [0.4, 0.5) is 35.0 Å². The van der Waals surface area contributed by atoms with Gasteiger partial charge in [0.25, 0.3) is 5.91 Å². The van der Waals surface area contributed by atoms with E-state index < -0.39 is 23.8 Å². The van der Waals surface area contributed by atoms with Crippen LogP contribution in [0.15, 0.2) is 67.1 Å². The number of alkyl halides is 3. The van der Waals surface area contributed by atoms with Gasteiger partial charge >= 0.3 is 12.2 Å². The number of carbonyl (C=O) groups is 3. The van der Waals surface area contributed by atoms with Gasteiger partial charge < -0.3 is 19.9 Å². The van der Waals surface area contributed by atoms with Crippen molar-refractivity contribution in [1.82, 2.24) is 30.0 Å². The number of piperidine rings is 1. The van der Waals surface area contributed by atoms with E-state index in [1.807, 2.05) is 23.1 Å². The average molecular weight is 784 g/mol. The minimum Gasteiger partial charge on any atom is -0.494 e. The first-order valence-electron chi connectivity index (χ1n) is 19.3. The number of benzene rings is 2. The summed E-state index contributed by atoms with van der Waals surface area (Å²) >= 11 is 0. The number of nitrogens with one attached hydrogen (secondary N) is 2. The lowest BCUT2D eigenvalue weighted by Crippen LogP contribution is -2.49. The van der Waals surface area contributed by atoms with Crippen molar-refractivity contribution in [2.45, 2.75) is 63.2 Å². The van der Waals surface area contributed by atoms with Gasteiger partial charge in [0.05, 0.1) is 36.2 Å². The van der Waals surface area contributed by atoms with Crippen LogP contribution in [0, 0.1) is 5.92 Å². The number of anilines is 3. The second-order valence-corrected chi connectivity index (χ2v) is 15.2. The highest BCUT2D eigenvalue weighted by molar-refractivity contribution is 6.10. The van der Waals surface area contributed by atoms with Gasteiger partial charge in [0, 0.05) is 78.9 Å². The van der Waals surface area contributed by atoms with E-state index in [1.165, 1.54) is 13.2 Å². The van der Waals surface area contributed by atoms with Crippen LogP contribution < -0.4 is 25.2 Å². The number of pyridine rings is 2. The fourth-order valence-corrected chi connectivity index (χ4v) is 8.50. The van der Waals surface area contributed by atoms with Gasteiger partial charge in [0.15, 0.2) is 0 Å². The normalized spacial score (nSPS) is 19.7. The van der Waals surface area contributed by atoms with Crippen LogP contribution >= 0.6 is 0 Å². The molecular weight excluding hydrogens is 740 g/mol. The molecule has 298 valence electrons. The van der Waals surface area contributed by atoms with Gasteiger partial charge in [-0.1, -0.05) is 12.1 Å². The molecule has 4 amide bonds. The highest BCUT2D eigenvalue weighted by Crippen LogP contribution is 2.37. The minimum atomic E-state index is -4.66. The van der Waals surface area contributed by atoms with Gasteiger partial charge in [-0.25, -0.2) is 9.78 Å². The molecule has 0 unspecified atom stereocenters. The van der Waals surface area contributed by atoms with Crippen molar-refractivity contribution in [2.24, 2.45) is 5.92 Å². The zero-order valence-corrected chi connectivity index (χ0v) is 31.8. The standard InChI is InChI=1S/C41H44F3N9O4/c1-50(28-12-15-51(16-13-28)30-10-11-31-26(18-30)21-45-22-35(31)52-17-14-38(54)48-40(52)56)23-25-6-8-29(9-7-25)53-24-27-19-34(36(57-2)20-33(27)49-53)47-39(55)32-4-3-5-37(46-32)41(42,43)44/h3-5,10-11,18-22,24-25,28-29H,6-9,12-17,23H2,1-2H3,(H,47,55)(H,48,54,56). The Morgan fingerprint density at radius 1 is 0.982 bits per heavy atom. The van der Waals surface area contributed by atoms with Gasteiger partial charge in [0.2, 0.25) is 5.91 Å². The first-order valence-corrected chi connectivity index (χ1v) is 19.3. The summed E-state index contributed by atoms with van der Waals surface area (Å²) in [6.07, 6.45) is 7.33. The van der Waals surface area contributed by atoms with Gasteiger partial charge in [-0.15, -0.1) is 0 Å². The van der Waals surface area contributed by atoms with Crippen LogP contribution in [0.1, 0.15) is 67.2 Å². The molecule has 1 saturated carbocycles. The molecule has 3 aromatic heterocycles. The van der Waals surface area contributed by atoms with Crippen LogP contribution in [0.25, 0.3) is 21.7 Å². The zero-order chi connectivity index (χ0) is 39.8. The number of ether oxygens (including phenoxy) is 1. The van der Waals surface area contributed by atoms with Crippen molar-refractivity contribution >= 4 is 56.6 Å². The third-order valence-corrected chi connectivity index (χ3v) is 11.6. The Labute approximate surface area is 327 Å². The largest absolute Gasteiger partial charge is 0.494 e. The molecule has 5 heterocycles. The number of halogens is 3. The number of urea groups is 1. The Bertz CT molecular complexity index is 2320.